The van der Waals surface area contributed by atoms with E-state index in [1.807, 2.05) is 0 Å². The van der Waals surface area contributed by atoms with Gasteiger partial charge in [0.1, 0.15) is 17.5 Å². The first-order chi connectivity index (χ1) is 18.8. The Labute approximate surface area is 224 Å². The topological polar surface area (TPSA) is 116 Å². The third-order valence-electron chi connectivity index (χ3n) is 8.46. The van der Waals surface area contributed by atoms with Gasteiger partial charge in [-0.15, -0.1) is 0 Å². The number of esters is 2. The van der Waals surface area contributed by atoms with Crippen molar-refractivity contribution in [1.29, 1.82) is 0 Å². The van der Waals surface area contributed by atoms with Gasteiger partial charge in [0.15, 0.2) is 12.4 Å². The van der Waals surface area contributed by atoms with Crippen LogP contribution in [0.5, 0.6) is 11.5 Å². The van der Waals surface area contributed by atoms with Gasteiger partial charge in [-0.1, -0.05) is 18.2 Å². The Morgan fingerprint density at radius 3 is 2.15 bits per heavy atom. The number of benzene rings is 2. The zero-order valence-electron chi connectivity index (χ0n) is 21.4. The lowest BCUT2D eigenvalue weighted by Crippen LogP contribution is -2.45. The molecule has 0 N–H and O–H groups in total. The fourth-order valence-corrected chi connectivity index (χ4v) is 6.43. The largest absolute Gasteiger partial charge is 0.497 e. The van der Waals surface area contributed by atoms with Gasteiger partial charge >= 0.3 is 11.9 Å². The van der Waals surface area contributed by atoms with Crippen LogP contribution in [-0.4, -0.2) is 54.2 Å². The highest BCUT2D eigenvalue weighted by atomic mass is 16.5. The number of methoxy groups -OCH3 is 1. The fourth-order valence-electron chi connectivity index (χ4n) is 6.43. The molecule has 9 nitrogen and oxygen atoms in total. The van der Waals surface area contributed by atoms with Crippen molar-refractivity contribution in [2.75, 3.05) is 13.7 Å². The summed E-state index contributed by atoms with van der Waals surface area (Å²) in [7, 11) is 1.50. The van der Waals surface area contributed by atoms with Crippen molar-refractivity contribution in [3.63, 3.8) is 0 Å². The molecule has 4 aliphatic carbocycles. The lowest BCUT2D eigenvalue weighted by atomic mass is 9.63. The number of amides is 2. The number of likely N-dealkylation sites (tertiary alicyclic amines) is 1. The molecular formula is C30H27NO8. The molecule has 2 aromatic carbocycles. The third kappa shape index (κ3) is 4.22. The Morgan fingerprint density at radius 2 is 1.54 bits per heavy atom. The van der Waals surface area contributed by atoms with Crippen molar-refractivity contribution in [1.82, 2.24) is 4.90 Å². The first kappa shape index (κ1) is 25.0. The van der Waals surface area contributed by atoms with Crippen molar-refractivity contribution >= 4 is 29.5 Å². The molecule has 5 aliphatic rings. The zero-order valence-corrected chi connectivity index (χ0v) is 21.4. The number of rotatable bonds is 8. The standard InChI is InChI=1S/C30H27NO8/c1-15(31-27(33)25-20-10-11-21(23-13-22(20)23)26(25)28(31)34)29(35)38-14-24(32)16-6-8-18(9-7-16)39-30(36)17-4-3-5-19(12-17)37-2/h3-12,15,20-23,25-26H,13-14H2,1-2H3. The average molecular weight is 530 g/mol. The molecule has 39 heavy (non-hydrogen) atoms. The van der Waals surface area contributed by atoms with Crippen LogP contribution in [0.4, 0.5) is 0 Å². The Kier molecular flexibility index (Phi) is 6.09. The summed E-state index contributed by atoms with van der Waals surface area (Å²) in [5.41, 5.74) is 0.559. The smallest absolute Gasteiger partial charge is 0.343 e. The van der Waals surface area contributed by atoms with Crippen molar-refractivity contribution in [3.05, 3.63) is 71.8 Å². The van der Waals surface area contributed by atoms with Crippen LogP contribution in [0.1, 0.15) is 34.1 Å². The van der Waals surface area contributed by atoms with Gasteiger partial charge in [0.05, 0.1) is 24.5 Å². The van der Waals surface area contributed by atoms with Gasteiger partial charge in [-0.25, -0.2) is 9.59 Å². The molecule has 1 aliphatic heterocycles. The Balaban J connectivity index is 1.04. The summed E-state index contributed by atoms with van der Waals surface area (Å²) >= 11 is 0. The molecule has 1 heterocycles. The van der Waals surface area contributed by atoms with Crippen LogP contribution in [0, 0.1) is 35.5 Å². The number of hydrogen-bond donors (Lipinski definition) is 0. The summed E-state index contributed by atoms with van der Waals surface area (Å²) in [6.07, 6.45) is 5.20. The van der Waals surface area contributed by atoms with Gasteiger partial charge < -0.3 is 14.2 Å². The maximum Gasteiger partial charge on any atom is 0.343 e. The van der Waals surface area contributed by atoms with Crippen molar-refractivity contribution in [2.24, 2.45) is 35.5 Å². The van der Waals surface area contributed by atoms with E-state index >= 15 is 0 Å². The molecule has 2 saturated carbocycles. The molecule has 0 spiro atoms. The Morgan fingerprint density at radius 1 is 0.897 bits per heavy atom. The zero-order chi connectivity index (χ0) is 27.4. The van der Waals surface area contributed by atoms with Crippen LogP contribution in [-0.2, 0) is 19.1 Å². The number of ketones is 1. The average Bonchev–Trinajstić information content (AvgIpc) is 3.74. The number of nitrogens with zero attached hydrogens (tertiary/aromatic N) is 1. The highest BCUT2D eigenvalue weighted by Crippen LogP contribution is 2.65. The molecule has 200 valence electrons. The molecule has 9 heteroatoms. The van der Waals surface area contributed by atoms with E-state index < -0.39 is 42.2 Å². The van der Waals surface area contributed by atoms with E-state index in [-0.39, 0.29) is 35.0 Å². The Hall–Kier alpha value is -4.27. The van der Waals surface area contributed by atoms with E-state index in [0.29, 0.717) is 23.1 Å². The third-order valence-corrected chi connectivity index (χ3v) is 8.46. The van der Waals surface area contributed by atoms with Gasteiger partial charge in [0, 0.05) is 5.56 Å². The van der Waals surface area contributed by atoms with Gasteiger partial charge in [0.2, 0.25) is 11.8 Å². The highest BCUT2D eigenvalue weighted by molar-refractivity contribution is 6.09. The number of hydrogen-bond acceptors (Lipinski definition) is 8. The number of ether oxygens (including phenoxy) is 3. The molecule has 7 unspecified atom stereocenters. The van der Waals surface area contributed by atoms with E-state index in [4.69, 9.17) is 14.2 Å². The minimum atomic E-state index is -1.11. The molecule has 0 radical (unpaired) electrons. The molecule has 2 bridgehead atoms. The van der Waals surface area contributed by atoms with Crippen molar-refractivity contribution in [3.8, 4) is 11.5 Å². The van der Waals surface area contributed by atoms with Crippen LogP contribution >= 0.6 is 0 Å². The second-order valence-electron chi connectivity index (χ2n) is 10.6. The van der Waals surface area contributed by atoms with Gasteiger partial charge in [-0.05, 0) is 79.5 Å². The molecule has 7 atom stereocenters. The molecule has 0 aromatic heterocycles. The molecule has 2 amide bonds. The van der Waals surface area contributed by atoms with E-state index in [1.165, 1.54) is 38.3 Å². The summed E-state index contributed by atoms with van der Waals surface area (Å²) in [5.74, 6) is -1.47. The quantitative estimate of drug-likeness (QED) is 0.168. The van der Waals surface area contributed by atoms with Crippen LogP contribution in [0.25, 0.3) is 0 Å². The van der Waals surface area contributed by atoms with Crippen molar-refractivity contribution < 1.29 is 38.2 Å². The van der Waals surface area contributed by atoms with E-state index in [2.05, 4.69) is 12.2 Å². The summed E-state index contributed by atoms with van der Waals surface area (Å²) in [4.78, 5) is 65.2. The fraction of sp³-hybridized carbons (Fsp3) is 0.367. The van der Waals surface area contributed by atoms with Crippen LogP contribution < -0.4 is 9.47 Å². The minimum absolute atomic E-state index is 0.0639. The van der Waals surface area contributed by atoms with Crippen LogP contribution in [0.15, 0.2) is 60.7 Å². The van der Waals surface area contributed by atoms with E-state index in [1.54, 1.807) is 24.3 Å². The highest BCUT2D eigenvalue weighted by Gasteiger charge is 2.67. The maximum atomic E-state index is 13.2. The predicted octanol–water partition coefficient (Wildman–Crippen LogP) is 3.08. The first-order valence-corrected chi connectivity index (χ1v) is 13.0. The summed E-state index contributed by atoms with van der Waals surface area (Å²) in [6.45, 7) is 0.910. The van der Waals surface area contributed by atoms with Gasteiger partial charge in [-0.2, -0.15) is 0 Å². The van der Waals surface area contributed by atoms with Crippen LogP contribution in [0.2, 0.25) is 0 Å². The van der Waals surface area contributed by atoms with E-state index in [9.17, 15) is 24.0 Å². The van der Waals surface area contributed by atoms with E-state index in [0.717, 1.165) is 11.3 Å². The second kappa shape index (κ2) is 9.48. The molecule has 7 rings (SSSR count). The molecule has 3 fully saturated rings. The molecule has 1 saturated heterocycles. The number of carbonyl (C=O) groups is 5. The second-order valence-corrected chi connectivity index (χ2v) is 10.6. The number of Topliss-reactive ketones (excluding diaryl/α,β-unsaturated/α-hetero) is 1. The molecule has 2 aromatic rings. The normalized spacial score (nSPS) is 28.4. The summed E-state index contributed by atoms with van der Waals surface area (Å²) in [6, 6.07) is 11.3. The summed E-state index contributed by atoms with van der Waals surface area (Å²) in [5, 5.41) is 0. The number of carbonyl (C=O) groups excluding carboxylic acids is 5. The van der Waals surface area contributed by atoms with Crippen molar-refractivity contribution in [2.45, 2.75) is 19.4 Å². The lowest BCUT2D eigenvalue weighted by molar-refractivity contribution is -0.157. The first-order valence-electron chi connectivity index (χ1n) is 13.0. The predicted molar refractivity (Wildman–Crippen MR) is 136 cm³/mol. The maximum absolute atomic E-state index is 13.2. The lowest BCUT2D eigenvalue weighted by Gasteiger charge is -2.37. The molecular weight excluding hydrogens is 502 g/mol. The number of allylic oxidation sites excluding steroid dienone is 2. The van der Waals surface area contributed by atoms with Gasteiger partial charge in [-0.3, -0.25) is 19.3 Å². The minimum Gasteiger partial charge on any atom is -0.497 e. The van der Waals surface area contributed by atoms with Gasteiger partial charge in [0.25, 0.3) is 0 Å². The number of imide groups is 1. The van der Waals surface area contributed by atoms with Crippen LogP contribution in [0.3, 0.4) is 0 Å². The monoisotopic (exact) mass is 529 g/mol. The summed E-state index contributed by atoms with van der Waals surface area (Å²) < 4.78 is 15.7. The SMILES string of the molecule is COc1cccc(C(=O)Oc2ccc(C(=O)COC(=O)C(C)N3C(=O)C4C5C=CC(C6CC56)C4C3=O)cc2)c1. The Bertz CT molecular complexity index is 1380.